The lowest BCUT2D eigenvalue weighted by Crippen LogP contribution is -2.02. The molecule has 0 radical (unpaired) electrons. The zero-order chi connectivity index (χ0) is 14.9. The molecule has 1 aliphatic rings. The van der Waals surface area contributed by atoms with E-state index in [-0.39, 0.29) is 0 Å². The minimum Gasteiger partial charge on any atom is -0.381 e. The molecule has 1 aliphatic heterocycles. The van der Waals surface area contributed by atoms with Gasteiger partial charge in [0.25, 0.3) is 0 Å². The lowest BCUT2D eigenvalue weighted by molar-refractivity contribution is 0.193. The van der Waals surface area contributed by atoms with E-state index in [1.807, 2.05) is 6.20 Å². The molecule has 1 fully saturated rings. The lowest BCUT2D eigenvalue weighted by atomic mass is 10.1. The smallest absolute Gasteiger partial charge is 0.175 e. The lowest BCUT2D eigenvalue weighted by Gasteiger charge is -2.03. The third-order valence-corrected chi connectivity index (χ3v) is 4.73. The predicted octanol–water partition coefficient (Wildman–Crippen LogP) is 1.23. The highest BCUT2D eigenvalue weighted by Gasteiger charge is 2.20. The summed E-state index contributed by atoms with van der Waals surface area (Å²) in [5, 5.41) is 8.31. The minimum atomic E-state index is -3.15. The van der Waals surface area contributed by atoms with Crippen molar-refractivity contribution >= 4 is 9.84 Å². The normalized spacial score (nSPS) is 19.0. The van der Waals surface area contributed by atoms with E-state index in [1.165, 1.54) is 6.26 Å². The first-order valence-corrected chi connectivity index (χ1v) is 8.68. The molecule has 7 heteroatoms. The molecule has 1 saturated heterocycles. The summed E-state index contributed by atoms with van der Waals surface area (Å²) in [6.07, 6.45) is 4.13. The van der Waals surface area contributed by atoms with Crippen molar-refractivity contribution in [1.82, 2.24) is 15.0 Å². The summed E-state index contributed by atoms with van der Waals surface area (Å²) in [6, 6.07) is 6.84. The minimum absolute atomic E-state index is 0.327. The summed E-state index contributed by atoms with van der Waals surface area (Å²) < 4.78 is 29.9. The van der Waals surface area contributed by atoms with Crippen LogP contribution in [-0.4, -0.2) is 42.9 Å². The van der Waals surface area contributed by atoms with Crippen molar-refractivity contribution in [3.05, 3.63) is 41.7 Å². The van der Waals surface area contributed by atoms with Crippen molar-refractivity contribution in [1.29, 1.82) is 0 Å². The average Bonchev–Trinajstić information content (AvgIpc) is 3.08. The van der Waals surface area contributed by atoms with Crippen molar-refractivity contribution < 1.29 is 13.2 Å². The van der Waals surface area contributed by atoms with Crippen molar-refractivity contribution in [2.45, 2.75) is 23.8 Å². The molecule has 2 aromatic rings. The van der Waals surface area contributed by atoms with Gasteiger partial charge in [-0.15, -0.1) is 5.10 Å². The van der Waals surface area contributed by atoms with Gasteiger partial charge in [0.2, 0.25) is 0 Å². The molecule has 0 bridgehead atoms. The molecule has 0 N–H and O–H groups in total. The Bertz CT molecular complexity index is 716. The Kier molecular flexibility index (Phi) is 3.77. The summed E-state index contributed by atoms with van der Waals surface area (Å²) in [4.78, 5) is 0.327. The summed E-state index contributed by atoms with van der Waals surface area (Å²) in [5.74, 6) is 0.339. The van der Waals surface area contributed by atoms with Crippen LogP contribution in [0.4, 0.5) is 0 Å². The Hall–Kier alpha value is -1.73. The Balaban J connectivity index is 1.71. The van der Waals surface area contributed by atoms with Crippen LogP contribution in [0.5, 0.6) is 0 Å². The van der Waals surface area contributed by atoms with Crippen LogP contribution >= 0.6 is 0 Å². The molecule has 1 atom stereocenters. The van der Waals surface area contributed by atoms with Crippen LogP contribution in [0.2, 0.25) is 0 Å². The van der Waals surface area contributed by atoms with E-state index in [0.717, 1.165) is 24.3 Å². The van der Waals surface area contributed by atoms with Gasteiger partial charge in [-0.25, -0.2) is 13.1 Å². The third-order valence-electron chi connectivity index (χ3n) is 3.60. The quantitative estimate of drug-likeness (QED) is 0.849. The van der Waals surface area contributed by atoms with Crippen molar-refractivity contribution in [2.75, 3.05) is 19.5 Å². The van der Waals surface area contributed by atoms with Crippen LogP contribution in [0.1, 0.15) is 23.6 Å². The van der Waals surface area contributed by atoms with Gasteiger partial charge in [-0.2, -0.15) is 0 Å². The predicted molar refractivity (Wildman–Crippen MR) is 76.9 cm³/mol. The van der Waals surface area contributed by atoms with Gasteiger partial charge in [-0.05, 0) is 24.1 Å². The third kappa shape index (κ3) is 3.30. The van der Waals surface area contributed by atoms with E-state index in [0.29, 0.717) is 24.0 Å². The first kappa shape index (κ1) is 14.2. The second-order valence-corrected chi connectivity index (χ2v) is 7.33. The number of aromatic nitrogens is 3. The van der Waals surface area contributed by atoms with Crippen LogP contribution in [0.25, 0.3) is 0 Å². The van der Waals surface area contributed by atoms with E-state index in [4.69, 9.17) is 4.74 Å². The molecular formula is C14H17N3O3S. The van der Waals surface area contributed by atoms with Crippen LogP contribution < -0.4 is 0 Å². The van der Waals surface area contributed by atoms with E-state index >= 15 is 0 Å². The topological polar surface area (TPSA) is 74.1 Å². The second kappa shape index (κ2) is 5.57. The summed E-state index contributed by atoms with van der Waals surface area (Å²) in [7, 11) is -3.15. The fourth-order valence-corrected chi connectivity index (χ4v) is 3.01. The zero-order valence-corrected chi connectivity index (χ0v) is 12.6. The molecule has 0 amide bonds. The molecule has 1 aromatic heterocycles. The van der Waals surface area contributed by atoms with Crippen LogP contribution in [0.3, 0.4) is 0 Å². The highest BCUT2D eigenvalue weighted by atomic mass is 32.2. The molecule has 21 heavy (non-hydrogen) atoms. The monoisotopic (exact) mass is 307 g/mol. The first-order chi connectivity index (χ1) is 10.0. The molecule has 6 nitrogen and oxygen atoms in total. The van der Waals surface area contributed by atoms with Crippen molar-refractivity contribution in [3.63, 3.8) is 0 Å². The van der Waals surface area contributed by atoms with Crippen LogP contribution in [0.15, 0.2) is 35.4 Å². The highest BCUT2D eigenvalue weighted by Crippen LogP contribution is 2.22. The van der Waals surface area contributed by atoms with Gasteiger partial charge in [0.1, 0.15) is 0 Å². The Morgan fingerprint density at radius 2 is 2.10 bits per heavy atom. The van der Waals surface area contributed by atoms with Gasteiger partial charge in [0.15, 0.2) is 9.84 Å². The fraction of sp³-hybridized carbons (Fsp3) is 0.429. The largest absolute Gasteiger partial charge is 0.381 e. The first-order valence-electron chi connectivity index (χ1n) is 6.79. The number of rotatable bonds is 4. The average molecular weight is 307 g/mol. The van der Waals surface area contributed by atoms with Crippen molar-refractivity contribution in [3.8, 4) is 0 Å². The molecule has 3 rings (SSSR count). The van der Waals surface area contributed by atoms with Gasteiger partial charge < -0.3 is 4.74 Å². The van der Waals surface area contributed by atoms with E-state index in [9.17, 15) is 8.42 Å². The Morgan fingerprint density at radius 1 is 1.33 bits per heavy atom. The second-order valence-electron chi connectivity index (χ2n) is 5.32. The van der Waals surface area contributed by atoms with E-state index in [2.05, 4.69) is 10.3 Å². The number of hydrogen-bond acceptors (Lipinski definition) is 5. The molecule has 1 aromatic carbocycles. The molecule has 1 unspecified atom stereocenters. The number of ether oxygens (including phenoxy) is 1. The number of hydrogen-bond donors (Lipinski definition) is 0. The van der Waals surface area contributed by atoms with Gasteiger partial charge in [-0.1, -0.05) is 17.3 Å². The van der Waals surface area contributed by atoms with Gasteiger partial charge in [0.05, 0.1) is 23.7 Å². The van der Waals surface area contributed by atoms with E-state index < -0.39 is 9.84 Å². The molecule has 2 heterocycles. The number of sulfone groups is 1. The van der Waals surface area contributed by atoms with Gasteiger partial charge in [-0.3, -0.25) is 0 Å². The molecular weight excluding hydrogens is 290 g/mol. The highest BCUT2D eigenvalue weighted by molar-refractivity contribution is 7.90. The SMILES string of the molecule is CS(=O)(=O)c1ccc(Cn2cc(C3CCOC3)nn2)cc1. The van der Waals surface area contributed by atoms with Crippen molar-refractivity contribution in [2.24, 2.45) is 0 Å². The van der Waals surface area contributed by atoms with Crippen LogP contribution in [-0.2, 0) is 21.1 Å². The molecule has 0 saturated carbocycles. The fourth-order valence-electron chi connectivity index (χ4n) is 2.37. The van der Waals surface area contributed by atoms with E-state index in [1.54, 1.807) is 28.9 Å². The van der Waals surface area contributed by atoms with Crippen LogP contribution in [0, 0.1) is 0 Å². The molecule has 112 valence electrons. The summed E-state index contributed by atoms with van der Waals surface area (Å²) in [5.41, 5.74) is 1.95. The summed E-state index contributed by atoms with van der Waals surface area (Å²) in [6.45, 7) is 2.07. The maximum Gasteiger partial charge on any atom is 0.175 e. The number of benzene rings is 1. The molecule has 0 aliphatic carbocycles. The Morgan fingerprint density at radius 3 is 2.71 bits per heavy atom. The Labute approximate surface area is 123 Å². The maximum absolute atomic E-state index is 11.4. The van der Waals surface area contributed by atoms with Gasteiger partial charge in [0, 0.05) is 25.0 Å². The molecule has 0 spiro atoms. The number of nitrogens with zero attached hydrogens (tertiary/aromatic N) is 3. The van der Waals surface area contributed by atoms with Gasteiger partial charge >= 0.3 is 0 Å². The summed E-state index contributed by atoms with van der Waals surface area (Å²) >= 11 is 0. The zero-order valence-electron chi connectivity index (χ0n) is 11.8. The standard InChI is InChI=1S/C14H17N3O3S/c1-21(18,19)13-4-2-11(3-5-13)8-17-9-14(15-16-17)12-6-7-20-10-12/h2-5,9,12H,6-8,10H2,1H3. The maximum atomic E-state index is 11.4.